The number of hydrogen-bond donors (Lipinski definition) is 3. The predicted molar refractivity (Wildman–Crippen MR) is 118 cm³/mol. The molecular formula is C21H16ClN3O4S. The molecule has 0 bridgehead atoms. The highest BCUT2D eigenvalue weighted by Gasteiger charge is 2.20. The van der Waals surface area contributed by atoms with Gasteiger partial charge in [0, 0.05) is 5.69 Å². The van der Waals surface area contributed by atoms with Crippen LogP contribution >= 0.6 is 11.6 Å². The monoisotopic (exact) mass is 441 g/mol. The van der Waals surface area contributed by atoms with E-state index in [1.807, 2.05) is 43.3 Å². The van der Waals surface area contributed by atoms with Gasteiger partial charge in [-0.25, -0.2) is 8.42 Å². The molecule has 0 aliphatic rings. The number of aromatic amines is 2. The maximum atomic E-state index is 12.9. The Balaban J connectivity index is 1.72. The lowest BCUT2D eigenvalue weighted by molar-refractivity contribution is 0.601. The van der Waals surface area contributed by atoms with Crippen molar-refractivity contribution >= 4 is 38.3 Å². The largest absolute Gasteiger partial charge is 0.316 e. The van der Waals surface area contributed by atoms with Crippen molar-refractivity contribution in [2.75, 3.05) is 4.72 Å². The van der Waals surface area contributed by atoms with E-state index in [9.17, 15) is 18.0 Å². The lowest BCUT2D eigenvalue weighted by atomic mass is 10.0. The molecule has 0 aliphatic heterocycles. The summed E-state index contributed by atoms with van der Waals surface area (Å²) >= 11 is 6.15. The number of halogens is 1. The molecule has 1 heterocycles. The van der Waals surface area contributed by atoms with Crippen LogP contribution in [0.25, 0.3) is 22.2 Å². The number of aromatic nitrogens is 2. The standard InChI is InChI=1S/C21H16ClN3O4S/c1-12-9-14(7-8-15(12)13-5-3-2-4-6-13)25-30(28,29)19-11-18-17(10-16(19)22)23-20(26)21(27)24-18/h2-11,25H,1H3,(H,23,26)(H,24,27). The second-order valence-electron chi connectivity index (χ2n) is 6.74. The topological polar surface area (TPSA) is 112 Å². The Labute approximate surface area is 176 Å². The fourth-order valence-electron chi connectivity index (χ4n) is 3.20. The zero-order valence-corrected chi connectivity index (χ0v) is 17.3. The molecule has 0 saturated heterocycles. The van der Waals surface area contributed by atoms with E-state index in [0.717, 1.165) is 16.7 Å². The first-order valence-corrected chi connectivity index (χ1v) is 10.8. The molecule has 152 valence electrons. The van der Waals surface area contributed by atoms with Crippen LogP contribution in [0.1, 0.15) is 5.56 Å². The van der Waals surface area contributed by atoms with Crippen LogP contribution in [0.2, 0.25) is 5.02 Å². The molecular weight excluding hydrogens is 426 g/mol. The fourth-order valence-corrected chi connectivity index (χ4v) is 4.81. The minimum absolute atomic E-state index is 0.0877. The van der Waals surface area contributed by atoms with Crippen molar-refractivity contribution in [3.63, 3.8) is 0 Å². The smallest absolute Gasteiger partial charge is 0.314 e. The first kappa shape index (κ1) is 19.9. The molecule has 30 heavy (non-hydrogen) atoms. The zero-order chi connectivity index (χ0) is 21.5. The summed E-state index contributed by atoms with van der Waals surface area (Å²) in [6.45, 7) is 1.89. The molecule has 0 saturated carbocycles. The van der Waals surface area contributed by atoms with Crippen LogP contribution in [0, 0.1) is 6.92 Å². The minimum Gasteiger partial charge on any atom is -0.316 e. The van der Waals surface area contributed by atoms with Crippen LogP contribution in [0.4, 0.5) is 5.69 Å². The third kappa shape index (κ3) is 3.74. The first-order chi connectivity index (χ1) is 14.2. The molecule has 9 heteroatoms. The molecule has 0 atom stereocenters. The highest BCUT2D eigenvalue weighted by Crippen LogP contribution is 2.29. The molecule has 0 radical (unpaired) electrons. The Hall–Kier alpha value is -3.36. The van der Waals surface area contributed by atoms with E-state index in [1.165, 1.54) is 12.1 Å². The Morgan fingerprint density at radius 2 is 1.50 bits per heavy atom. The molecule has 4 aromatic rings. The third-order valence-electron chi connectivity index (χ3n) is 4.63. The van der Waals surface area contributed by atoms with Crippen LogP contribution in [0.5, 0.6) is 0 Å². The van der Waals surface area contributed by atoms with E-state index < -0.39 is 21.1 Å². The number of benzene rings is 3. The summed E-state index contributed by atoms with van der Waals surface area (Å²) in [4.78, 5) is 27.5. The molecule has 7 nitrogen and oxygen atoms in total. The maximum absolute atomic E-state index is 12.9. The van der Waals surface area contributed by atoms with Crippen LogP contribution in [-0.2, 0) is 10.0 Å². The molecule has 0 unspecified atom stereocenters. The van der Waals surface area contributed by atoms with E-state index in [4.69, 9.17) is 11.6 Å². The van der Waals surface area contributed by atoms with Crippen molar-refractivity contribution < 1.29 is 8.42 Å². The Morgan fingerprint density at radius 1 is 0.867 bits per heavy atom. The predicted octanol–water partition coefficient (Wildman–Crippen LogP) is 3.65. The average Bonchev–Trinajstić information content (AvgIpc) is 2.69. The van der Waals surface area contributed by atoms with E-state index >= 15 is 0 Å². The molecule has 3 aromatic carbocycles. The summed E-state index contributed by atoms with van der Waals surface area (Å²) in [6, 6.07) is 17.5. The third-order valence-corrected chi connectivity index (χ3v) is 6.47. The number of fused-ring (bicyclic) bond motifs is 1. The number of sulfonamides is 1. The minimum atomic E-state index is -4.05. The number of hydrogen-bond acceptors (Lipinski definition) is 4. The number of aryl methyl sites for hydroxylation is 1. The van der Waals surface area contributed by atoms with Gasteiger partial charge in [-0.2, -0.15) is 0 Å². The van der Waals surface area contributed by atoms with Crippen molar-refractivity contribution in [3.05, 3.63) is 92.0 Å². The van der Waals surface area contributed by atoms with Crippen LogP contribution in [0.3, 0.4) is 0 Å². The summed E-state index contributed by atoms with van der Waals surface area (Å²) in [6.07, 6.45) is 0. The van der Waals surface area contributed by atoms with Crippen molar-refractivity contribution in [1.29, 1.82) is 0 Å². The van der Waals surface area contributed by atoms with Gasteiger partial charge in [0.05, 0.1) is 16.1 Å². The summed E-state index contributed by atoms with van der Waals surface area (Å²) < 4.78 is 28.4. The van der Waals surface area contributed by atoms with E-state index in [1.54, 1.807) is 12.1 Å². The van der Waals surface area contributed by atoms with Gasteiger partial charge in [0.1, 0.15) is 4.90 Å². The molecule has 1 aromatic heterocycles. The van der Waals surface area contributed by atoms with Crippen LogP contribution in [-0.4, -0.2) is 18.4 Å². The van der Waals surface area contributed by atoms with Gasteiger partial charge in [0.25, 0.3) is 10.0 Å². The lowest BCUT2D eigenvalue weighted by Crippen LogP contribution is -2.29. The van der Waals surface area contributed by atoms with E-state index in [0.29, 0.717) is 5.69 Å². The molecule has 4 rings (SSSR count). The Bertz CT molecular complexity index is 1490. The number of rotatable bonds is 4. The molecule has 3 N–H and O–H groups in total. The summed E-state index contributed by atoms with van der Waals surface area (Å²) in [5, 5.41) is -0.0877. The lowest BCUT2D eigenvalue weighted by Gasteiger charge is -2.13. The first-order valence-electron chi connectivity index (χ1n) is 8.89. The van der Waals surface area contributed by atoms with Crippen LogP contribution < -0.4 is 15.8 Å². The normalized spacial score (nSPS) is 11.5. The van der Waals surface area contributed by atoms with E-state index in [-0.39, 0.29) is 21.0 Å². The van der Waals surface area contributed by atoms with Crippen molar-refractivity contribution in [2.45, 2.75) is 11.8 Å². The molecule has 0 spiro atoms. The Kier molecular flexibility index (Phi) is 4.97. The van der Waals surface area contributed by atoms with Gasteiger partial charge in [0.2, 0.25) is 0 Å². The van der Waals surface area contributed by atoms with E-state index in [2.05, 4.69) is 14.7 Å². The highest BCUT2D eigenvalue weighted by atomic mass is 35.5. The highest BCUT2D eigenvalue weighted by molar-refractivity contribution is 7.92. The number of nitrogens with one attached hydrogen (secondary N) is 3. The number of anilines is 1. The molecule has 0 fully saturated rings. The van der Waals surface area contributed by atoms with Gasteiger partial charge in [0.15, 0.2) is 0 Å². The van der Waals surface area contributed by atoms with Gasteiger partial charge >= 0.3 is 11.1 Å². The second kappa shape index (κ2) is 7.47. The maximum Gasteiger partial charge on any atom is 0.314 e. The van der Waals surface area contributed by atoms with Gasteiger partial charge in [-0.15, -0.1) is 0 Å². The molecule has 0 amide bonds. The van der Waals surface area contributed by atoms with Gasteiger partial charge in [-0.05, 0) is 47.9 Å². The van der Waals surface area contributed by atoms with Gasteiger partial charge < -0.3 is 9.97 Å². The summed E-state index contributed by atoms with van der Waals surface area (Å²) in [5.74, 6) is 0. The van der Waals surface area contributed by atoms with Crippen molar-refractivity contribution in [2.24, 2.45) is 0 Å². The molecule has 0 aliphatic carbocycles. The van der Waals surface area contributed by atoms with Crippen LogP contribution in [0.15, 0.2) is 75.1 Å². The van der Waals surface area contributed by atoms with Crippen molar-refractivity contribution in [1.82, 2.24) is 9.97 Å². The van der Waals surface area contributed by atoms with Gasteiger partial charge in [-0.3, -0.25) is 14.3 Å². The fraction of sp³-hybridized carbons (Fsp3) is 0.0476. The average molecular weight is 442 g/mol. The van der Waals surface area contributed by atoms with Gasteiger partial charge in [-0.1, -0.05) is 48.0 Å². The zero-order valence-electron chi connectivity index (χ0n) is 15.7. The number of H-pyrrole nitrogens is 2. The Morgan fingerprint density at radius 3 is 2.13 bits per heavy atom. The second-order valence-corrected chi connectivity index (χ2v) is 8.80. The quantitative estimate of drug-likeness (QED) is 0.419. The SMILES string of the molecule is Cc1cc(NS(=O)(=O)c2cc3[nH]c(=O)c(=O)[nH]c3cc2Cl)ccc1-c1ccccc1. The summed E-state index contributed by atoms with van der Waals surface area (Å²) in [7, 11) is -4.05. The van der Waals surface area contributed by atoms with Crippen molar-refractivity contribution in [3.8, 4) is 11.1 Å². The summed E-state index contributed by atoms with van der Waals surface area (Å²) in [5.41, 5.74) is 1.94.